The lowest BCUT2D eigenvalue weighted by atomic mass is 10.1. The normalized spacial score (nSPS) is 16.2. The Kier molecular flexibility index (Phi) is 7.74. The molecule has 8 nitrogen and oxygen atoms in total. The predicted molar refractivity (Wildman–Crippen MR) is 109 cm³/mol. The van der Waals surface area contributed by atoms with E-state index in [4.69, 9.17) is 9.15 Å². The summed E-state index contributed by atoms with van der Waals surface area (Å²) in [6.45, 7) is 4.22. The maximum absolute atomic E-state index is 12.3. The highest BCUT2D eigenvalue weighted by atomic mass is 32.2. The Morgan fingerprint density at radius 1 is 1.31 bits per heavy atom. The van der Waals surface area contributed by atoms with Gasteiger partial charge in [0.1, 0.15) is 0 Å². The molecule has 0 aromatic carbocycles. The maximum Gasteiger partial charge on any atom is 0.317 e. The third-order valence-corrected chi connectivity index (χ3v) is 5.91. The summed E-state index contributed by atoms with van der Waals surface area (Å²) in [5.41, 5.74) is 0. The summed E-state index contributed by atoms with van der Waals surface area (Å²) >= 11 is 1.23. The number of hydrogen-bond donors (Lipinski definition) is 1. The van der Waals surface area contributed by atoms with E-state index in [1.807, 2.05) is 17.6 Å². The molecule has 0 bridgehead atoms. The van der Waals surface area contributed by atoms with Crippen LogP contribution in [0.2, 0.25) is 0 Å². The molecule has 29 heavy (non-hydrogen) atoms. The van der Waals surface area contributed by atoms with Crippen molar-refractivity contribution in [1.82, 2.24) is 20.1 Å². The number of hydrogen-bond acceptors (Lipinski definition) is 7. The lowest BCUT2D eigenvalue weighted by Gasteiger charge is -2.19. The van der Waals surface area contributed by atoms with Gasteiger partial charge in [-0.25, -0.2) is 0 Å². The van der Waals surface area contributed by atoms with Crippen molar-refractivity contribution >= 4 is 23.6 Å². The molecule has 158 valence electrons. The van der Waals surface area contributed by atoms with Crippen LogP contribution in [-0.4, -0.2) is 44.5 Å². The van der Waals surface area contributed by atoms with Gasteiger partial charge in [-0.05, 0) is 38.8 Å². The van der Waals surface area contributed by atoms with Crippen molar-refractivity contribution in [1.29, 1.82) is 0 Å². The molecule has 3 rings (SSSR count). The monoisotopic (exact) mass is 420 g/mol. The summed E-state index contributed by atoms with van der Waals surface area (Å²) in [5.74, 6) is 0.607. The van der Waals surface area contributed by atoms with Gasteiger partial charge in [-0.15, -0.1) is 10.2 Å². The van der Waals surface area contributed by atoms with Crippen molar-refractivity contribution in [3.63, 3.8) is 0 Å². The summed E-state index contributed by atoms with van der Waals surface area (Å²) < 4.78 is 12.6. The van der Waals surface area contributed by atoms with Crippen LogP contribution < -0.4 is 5.32 Å². The van der Waals surface area contributed by atoms with Gasteiger partial charge in [-0.3, -0.25) is 14.2 Å². The van der Waals surface area contributed by atoms with Crippen LogP contribution >= 0.6 is 11.8 Å². The minimum absolute atomic E-state index is 0.0529. The molecule has 0 radical (unpaired) electrons. The number of carbonyl (C=O) groups excluding carboxylic acids is 2. The lowest BCUT2D eigenvalue weighted by molar-refractivity contribution is -0.152. The van der Waals surface area contributed by atoms with Crippen LogP contribution in [-0.2, 0) is 20.9 Å². The van der Waals surface area contributed by atoms with E-state index >= 15 is 0 Å². The van der Waals surface area contributed by atoms with Gasteiger partial charge in [0, 0.05) is 12.6 Å². The summed E-state index contributed by atoms with van der Waals surface area (Å²) in [5, 5.41) is 11.9. The second-order valence-corrected chi connectivity index (χ2v) is 8.09. The molecule has 1 atom stereocenters. The Morgan fingerprint density at radius 2 is 2.07 bits per heavy atom. The Labute approximate surface area is 174 Å². The average Bonchev–Trinajstić information content (AvgIpc) is 3.31. The Hall–Kier alpha value is -2.29. The predicted octanol–water partition coefficient (Wildman–Crippen LogP) is 3.42. The number of nitrogens with zero attached hydrogens (tertiary/aromatic N) is 3. The Bertz CT molecular complexity index is 798. The molecule has 1 aliphatic rings. The number of amides is 1. The van der Waals surface area contributed by atoms with Gasteiger partial charge in [0.15, 0.2) is 22.8 Å². The highest BCUT2D eigenvalue weighted by Gasteiger charge is 2.23. The number of ether oxygens (including phenoxy) is 1. The SMILES string of the molecule is CCn1c(SCC(=O)O[C@H](C)C(=O)NC2CCCCCC2)nnc1-c1ccco1. The Balaban J connectivity index is 1.48. The molecule has 0 saturated heterocycles. The van der Waals surface area contributed by atoms with E-state index in [9.17, 15) is 9.59 Å². The number of thioether (sulfide) groups is 1. The van der Waals surface area contributed by atoms with Crippen LogP contribution in [0.4, 0.5) is 0 Å². The van der Waals surface area contributed by atoms with Gasteiger partial charge in [0.05, 0.1) is 12.0 Å². The lowest BCUT2D eigenvalue weighted by Crippen LogP contribution is -2.42. The first-order valence-corrected chi connectivity index (χ1v) is 11.2. The van der Waals surface area contributed by atoms with E-state index in [1.165, 1.54) is 24.6 Å². The van der Waals surface area contributed by atoms with Crippen LogP contribution in [0.15, 0.2) is 28.0 Å². The first kappa shape index (κ1) is 21.4. The van der Waals surface area contributed by atoms with Crippen molar-refractivity contribution in [3.05, 3.63) is 18.4 Å². The summed E-state index contributed by atoms with van der Waals surface area (Å²) in [7, 11) is 0. The molecule has 0 aliphatic heterocycles. The first-order valence-electron chi connectivity index (χ1n) is 10.2. The number of nitrogens with one attached hydrogen (secondary N) is 1. The van der Waals surface area contributed by atoms with Gasteiger partial charge in [0.2, 0.25) is 0 Å². The smallest absolute Gasteiger partial charge is 0.317 e. The molecule has 1 amide bonds. The van der Waals surface area contributed by atoms with Gasteiger partial charge < -0.3 is 14.5 Å². The van der Waals surface area contributed by atoms with Gasteiger partial charge in [-0.1, -0.05) is 37.4 Å². The van der Waals surface area contributed by atoms with Crippen LogP contribution in [0.25, 0.3) is 11.6 Å². The summed E-state index contributed by atoms with van der Waals surface area (Å²) in [6, 6.07) is 3.78. The highest BCUT2D eigenvalue weighted by Crippen LogP contribution is 2.24. The van der Waals surface area contributed by atoms with Gasteiger partial charge in [0.25, 0.3) is 5.91 Å². The zero-order chi connectivity index (χ0) is 20.6. The fourth-order valence-corrected chi connectivity index (χ4v) is 4.20. The van der Waals surface area contributed by atoms with Crippen LogP contribution in [0.5, 0.6) is 0 Å². The fourth-order valence-electron chi connectivity index (χ4n) is 3.42. The van der Waals surface area contributed by atoms with Crippen molar-refractivity contribution < 1.29 is 18.7 Å². The van der Waals surface area contributed by atoms with Gasteiger partial charge >= 0.3 is 5.97 Å². The molecule has 2 aromatic rings. The van der Waals surface area contributed by atoms with E-state index in [-0.39, 0.29) is 17.7 Å². The van der Waals surface area contributed by atoms with E-state index < -0.39 is 12.1 Å². The largest absolute Gasteiger partial charge is 0.461 e. The molecule has 0 unspecified atom stereocenters. The fraction of sp³-hybridized carbons (Fsp3) is 0.600. The summed E-state index contributed by atoms with van der Waals surface area (Å²) in [4.78, 5) is 24.6. The van der Waals surface area contributed by atoms with Crippen LogP contribution in [0.1, 0.15) is 52.4 Å². The third-order valence-electron chi connectivity index (χ3n) is 4.97. The molecule has 9 heteroatoms. The second-order valence-electron chi connectivity index (χ2n) is 7.15. The molecular weight excluding hydrogens is 392 g/mol. The maximum atomic E-state index is 12.3. The molecule has 0 spiro atoms. The van der Waals surface area contributed by atoms with Crippen LogP contribution in [0, 0.1) is 0 Å². The molecule has 2 aromatic heterocycles. The van der Waals surface area contributed by atoms with E-state index in [2.05, 4.69) is 15.5 Å². The van der Waals surface area contributed by atoms with E-state index in [0.29, 0.717) is 23.3 Å². The topological polar surface area (TPSA) is 99.2 Å². The number of rotatable bonds is 8. The second kappa shape index (κ2) is 10.5. The molecule has 1 aliphatic carbocycles. The number of aromatic nitrogens is 3. The van der Waals surface area contributed by atoms with E-state index in [0.717, 1.165) is 25.7 Å². The van der Waals surface area contributed by atoms with E-state index in [1.54, 1.807) is 19.3 Å². The average molecular weight is 421 g/mol. The van der Waals surface area contributed by atoms with Crippen molar-refractivity contribution in [2.75, 3.05) is 5.75 Å². The standard InChI is InChI=1S/C20H28N4O4S/c1-3-24-18(16-11-8-12-27-16)22-23-20(24)29-13-17(25)28-14(2)19(26)21-15-9-6-4-5-7-10-15/h8,11-12,14-15H,3-7,9-10,13H2,1-2H3,(H,21,26)/t14-/m1/s1. The Morgan fingerprint density at radius 3 is 2.72 bits per heavy atom. The van der Waals surface area contributed by atoms with Crippen LogP contribution in [0.3, 0.4) is 0 Å². The zero-order valence-corrected chi connectivity index (χ0v) is 17.7. The number of furan rings is 1. The minimum Gasteiger partial charge on any atom is -0.461 e. The number of esters is 1. The number of carbonyl (C=O) groups is 2. The molecule has 1 fully saturated rings. The van der Waals surface area contributed by atoms with Crippen molar-refractivity contribution in [2.45, 2.75) is 76.2 Å². The first-order chi connectivity index (χ1) is 14.1. The minimum atomic E-state index is -0.811. The molecular formula is C20H28N4O4S. The van der Waals surface area contributed by atoms with Crippen molar-refractivity contribution in [3.8, 4) is 11.6 Å². The van der Waals surface area contributed by atoms with Crippen molar-refractivity contribution in [2.24, 2.45) is 0 Å². The third kappa shape index (κ3) is 5.85. The molecule has 1 N–H and O–H groups in total. The highest BCUT2D eigenvalue weighted by molar-refractivity contribution is 7.99. The zero-order valence-electron chi connectivity index (χ0n) is 16.9. The molecule has 1 saturated carbocycles. The molecule has 2 heterocycles. The van der Waals surface area contributed by atoms with Gasteiger partial charge in [-0.2, -0.15) is 0 Å². The summed E-state index contributed by atoms with van der Waals surface area (Å²) in [6.07, 6.45) is 7.46. The quantitative estimate of drug-likeness (QED) is 0.397.